The quantitative estimate of drug-likeness (QED) is 0.591. The molecule has 0 aliphatic rings. The first-order valence-corrected chi connectivity index (χ1v) is 5.11. The van der Waals surface area contributed by atoms with Crippen molar-refractivity contribution in [3.8, 4) is 5.75 Å². The maximum absolute atomic E-state index is 12.1. The number of carbonyl (C=O) groups is 1. The topological polar surface area (TPSA) is 56.5 Å². The first-order valence-electron chi connectivity index (χ1n) is 5.11. The van der Waals surface area contributed by atoms with Crippen LogP contribution in [0.2, 0.25) is 0 Å². The molecule has 0 aliphatic carbocycles. The van der Waals surface area contributed by atoms with Crippen LogP contribution >= 0.6 is 0 Å². The molecular formula is C12H7F3O4. The van der Waals surface area contributed by atoms with Crippen LogP contribution in [-0.2, 0) is 4.79 Å². The van der Waals surface area contributed by atoms with Gasteiger partial charge in [-0.15, -0.1) is 0 Å². The highest BCUT2D eigenvalue weighted by Crippen LogP contribution is 2.27. The standard InChI is InChI=1S/C12H7F3O4/c1-6-2-3-7-8(4-6)18-10(16)5-9(7)19-11(17)12(13,14)15/h2-5H,1H3. The van der Waals surface area contributed by atoms with Gasteiger partial charge in [0.1, 0.15) is 11.3 Å². The molecule has 1 aromatic carbocycles. The van der Waals surface area contributed by atoms with E-state index in [9.17, 15) is 22.8 Å². The van der Waals surface area contributed by atoms with E-state index < -0.39 is 23.5 Å². The van der Waals surface area contributed by atoms with Gasteiger partial charge >= 0.3 is 17.8 Å². The minimum absolute atomic E-state index is 0.0532. The zero-order valence-electron chi connectivity index (χ0n) is 9.58. The van der Waals surface area contributed by atoms with E-state index in [1.807, 2.05) is 0 Å². The maximum Gasteiger partial charge on any atom is 0.491 e. The molecule has 0 saturated carbocycles. The molecule has 0 N–H and O–H groups in total. The summed E-state index contributed by atoms with van der Waals surface area (Å²) < 4.78 is 45.4. The second kappa shape index (κ2) is 4.42. The van der Waals surface area contributed by atoms with Crippen LogP contribution in [0.3, 0.4) is 0 Å². The molecule has 0 atom stereocenters. The molecule has 2 rings (SSSR count). The van der Waals surface area contributed by atoms with Crippen molar-refractivity contribution in [2.24, 2.45) is 0 Å². The van der Waals surface area contributed by atoms with Gasteiger partial charge in [-0.3, -0.25) is 0 Å². The van der Waals surface area contributed by atoms with E-state index in [4.69, 9.17) is 4.42 Å². The third-order valence-corrected chi connectivity index (χ3v) is 2.30. The largest absolute Gasteiger partial charge is 0.491 e. The van der Waals surface area contributed by atoms with Gasteiger partial charge in [-0.25, -0.2) is 9.59 Å². The van der Waals surface area contributed by atoms with E-state index >= 15 is 0 Å². The lowest BCUT2D eigenvalue weighted by atomic mass is 10.1. The number of benzene rings is 1. The van der Waals surface area contributed by atoms with Crippen LogP contribution in [0.1, 0.15) is 5.56 Å². The molecule has 4 nitrogen and oxygen atoms in total. The molecule has 0 unspecified atom stereocenters. The Morgan fingerprint density at radius 2 is 1.95 bits per heavy atom. The SMILES string of the molecule is Cc1ccc2c(OC(=O)C(F)(F)F)cc(=O)oc2c1. The van der Waals surface area contributed by atoms with Crippen LogP contribution in [0.15, 0.2) is 33.5 Å². The number of carbonyl (C=O) groups excluding carboxylic acids is 1. The smallest absolute Gasteiger partial charge is 0.422 e. The molecule has 0 aliphatic heterocycles. The number of rotatable bonds is 1. The molecule has 1 aromatic heterocycles. The molecule has 0 bridgehead atoms. The molecule has 100 valence electrons. The van der Waals surface area contributed by atoms with Gasteiger partial charge in [0, 0.05) is 0 Å². The van der Waals surface area contributed by atoms with E-state index in [-0.39, 0.29) is 11.0 Å². The Kier molecular flexibility index (Phi) is 3.05. The summed E-state index contributed by atoms with van der Waals surface area (Å²) in [7, 11) is 0. The fraction of sp³-hybridized carbons (Fsp3) is 0.167. The van der Waals surface area contributed by atoms with Gasteiger partial charge in [-0.05, 0) is 24.6 Å². The molecule has 0 saturated heterocycles. The van der Waals surface area contributed by atoms with E-state index in [0.717, 1.165) is 5.56 Å². The lowest BCUT2D eigenvalue weighted by Crippen LogP contribution is -2.28. The van der Waals surface area contributed by atoms with Gasteiger partial charge in [0.15, 0.2) is 0 Å². The Morgan fingerprint density at radius 3 is 2.58 bits per heavy atom. The van der Waals surface area contributed by atoms with Crippen molar-refractivity contribution in [1.29, 1.82) is 0 Å². The van der Waals surface area contributed by atoms with Crippen LogP contribution < -0.4 is 10.4 Å². The number of alkyl halides is 3. The van der Waals surface area contributed by atoms with E-state index in [1.54, 1.807) is 13.0 Å². The van der Waals surface area contributed by atoms with Crippen molar-refractivity contribution in [3.63, 3.8) is 0 Å². The number of halogens is 3. The highest BCUT2D eigenvalue weighted by Gasteiger charge is 2.41. The molecular weight excluding hydrogens is 265 g/mol. The molecule has 2 aromatic rings. The molecule has 7 heteroatoms. The predicted octanol–water partition coefficient (Wildman–Crippen LogP) is 2.57. The number of hydrogen-bond acceptors (Lipinski definition) is 4. The van der Waals surface area contributed by atoms with E-state index in [0.29, 0.717) is 6.07 Å². The lowest BCUT2D eigenvalue weighted by molar-refractivity contribution is -0.189. The summed E-state index contributed by atoms with van der Waals surface area (Å²) in [5.41, 5.74) is -0.101. The fourth-order valence-electron chi connectivity index (χ4n) is 1.48. The van der Waals surface area contributed by atoms with Gasteiger partial charge < -0.3 is 9.15 Å². The Morgan fingerprint density at radius 1 is 1.26 bits per heavy atom. The van der Waals surface area contributed by atoms with Crippen LogP contribution in [0.4, 0.5) is 13.2 Å². The third kappa shape index (κ3) is 2.75. The first-order chi connectivity index (χ1) is 8.77. The number of hydrogen-bond donors (Lipinski definition) is 0. The van der Waals surface area contributed by atoms with Crippen LogP contribution in [0.25, 0.3) is 11.0 Å². The van der Waals surface area contributed by atoms with Crippen molar-refractivity contribution in [1.82, 2.24) is 0 Å². The van der Waals surface area contributed by atoms with Crippen molar-refractivity contribution < 1.29 is 27.1 Å². The average Bonchev–Trinajstić information content (AvgIpc) is 2.26. The van der Waals surface area contributed by atoms with Crippen molar-refractivity contribution in [3.05, 3.63) is 40.2 Å². The maximum atomic E-state index is 12.1. The number of ether oxygens (including phenoxy) is 1. The lowest BCUT2D eigenvalue weighted by Gasteiger charge is -2.08. The summed E-state index contributed by atoms with van der Waals surface area (Å²) in [5, 5.41) is 0.114. The second-order valence-corrected chi connectivity index (χ2v) is 3.82. The molecule has 0 radical (unpaired) electrons. The minimum Gasteiger partial charge on any atom is -0.422 e. The highest BCUT2D eigenvalue weighted by molar-refractivity contribution is 5.87. The Balaban J connectivity index is 2.54. The van der Waals surface area contributed by atoms with E-state index in [2.05, 4.69) is 4.74 Å². The molecule has 0 spiro atoms. The number of esters is 1. The van der Waals surface area contributed by atoms with Gasteiger partial charge in [0.25, 0.3) is 0 Å². The molecule has 0 amide bonds. The molecule has 19 heavy (non-hydrogen) atoms. The predicted molar refractivity (Wildman–Crippen MR) is 58.9 cm³/mol. The fourth-order valence-corrected chi connectivity index (χ4v) is 1.48. The number of fused-ring (bicyclic) bond motifs is 1. The zero-order chi connectivity index (χ0) is 14.2. The highest BCUT2D eigenvalue weighted by atomic mass is 19.4. The minimum atomic E-state index is -5.13. The van der Waals surface area contributed by atoms with Crippen LogP contribution in [-0.4, -0.2) is 12.1 Å². The third-order valence-electron chi connectivity index (χ3n) is 2.30. The summed E-state index contributed by atoms with van der Waals surface area (Å²) in [5.74, 6) is -2.87. The normalized spacial score (nSPS) is 11.6. The first kappa shape index (κ1) is 13.1. The molecule has 0 fully saturated rings. The van der Waals surface area contributed by atoms with Gasteiger partial charge in [0.05, 0.1) is 11.5 Å². The monoisotopic (exact) mass is 272 g/mol. The summed E-state index contributed by atoms with van der Waals surface area (Å²) in [6.45, 7) is 1.72. The average molecular weight is 272 g/mol. The summed E-state index contributed by atoms with van der Waals surface area (Å²) >= 11 is 0. The summed E-state index contributed by atoms with van der Waals surface area (Å²) in [6, 6.07) is 5.16. The van der Waals surface area contributed by atoms with Crippen molar-refractivity contribution in [2.45, 2.75) is 13.1 Å². The van der Waals surface area contributed by atoms with Crippen molar-refractivity contribution in [2.75, 3.05) is 0 Å². The Bertz CT molecular complexity index is 700. The van der Waals surface area contributed by atoms with Gasteiger partial charge in [0.2, 0.25) is 0 Å². The Hall–Kier alpha value is -2.31. The van der Waals surface area contributed by atoms with Crippen molar-refractivity contribution >= 4 is 16.9 Å². The summed E-state index contributed by atoms with van der Waals surface area (Å²) in [4.78, 5) is 22.0. The molecule has 1 heterocycles. The number of aryl methyl sites for hydroxylation is 1. The zero-order valence-corrected chi connectivity index (χ0v) is 9.58. The van der Waals surface area contributed by atoms with Crippen LogP contribution in [0, 0.1) is 6.92 Å². The second-order valence-electron chi connectivity index (χ2n) is 3.82. The van der Waals surface area contributed by atoms with Crippen LogP contribution in [0.5, 0.6) is 5.75 Å². The van der Waals surface area contributed by atoms with Gasteiger partial charge in [-0.1, -0.05) is 6.07 Å². The van der Waals surface area contributed by atoms with Gasteiger partial charge in [-0.2, -0.15) is 13.2 Å². The summed E-state index contributed by atoms with van der Waals surface area (Å²) in [6.07, 6.45) is -5.13. The van der Waals surface area contributed by atoms with E-state index in [1.165, 1.54) is 12.1 Å². The Labute approximate surface area is 104 Å².